The Bertz CT molecular complexity index is 362. The smallest absolute Gasteiger partial charge is 0.220 e. The Balaban J connectivity index is 2.12. The molecule has 1 amide bonds. The molecule has 1 atom stereocenters. The largest absolute Gasteiger partial charge is 0.356 e. The molecule has 1 rings (SSSR count). The Kier molecular flexibility index (Phi) is 6.43. The first-order valence-electron chi connectivity index (χ1n) is 6.56. The Hall–Kier alpha value is -1.36. The first-order valence-corrected chi connectivity index (χ1v) is 6.56. The first-order chi connectivity index (χ1) is 8.63. The summed E-state index contributed by atoms with van der Waals surface area (Å²) in [4.78, 5) is 15.8. The molecule has 1 unspecified atom stereocenters. The lowest BCUT2D eigenvalue weighted by molar-refractivity contribution is -0.121. The van der Waals surface area contributed by atoms with Gasteiger partial charge in [0.2, 0.25) is 5.91 Å². The van der Waals surface area contributed by atoms with Crippen molar-refractivity contribution in [3.05, 3.63) is 18.2 Å². The van der Waals surface area contributed by atoms with E-state index >= 15 is 0 Å². The van der Waals surface area contributed by atoms with E-state index < -0.39 is 0 Å². The van der Waals surface area contributed by atoms with Crippen LogP contribution in [-0.2, 0) is 18.3 Å². The minimum Gasteiger partial charge on any atom is -0.356 e. The van der Waals surface area contributed by atoms with Gasteiger partial charge in [-0.1, -0.05) is 6.92 Å². The molecule has 3 N–H and O–H groups in total. The number of hydrogen-bond acceptors (Lipinski definition) is 3. The first kappa shape index (κ1) is 14.7. The van der Waals surface area contributed by atoms with E-state index in [1.807, 2.05) is 17.8 Å². The highest BCUT2D eigenvalue weighted by molar-refractivity contribution is 5.75. The average Bonchev–Trinajstić information content (AvgIpc) is 2.73. The zero-order valence-corrected chi connectivity index (χ0v) is 11.4. The lowest BCUT2D eigenvalue weighted by atomic mass is 10.0. The number of carbonyl (C=O) groups is 1. The minimum atomic E-state index is 0.119. The van der Waals surface area contributed by atoms with Crippen molar-refractivity contribution in [1.82, 2.24) is 14.9 Å². The number of carbonyl (C=O) groups excluding carboxylic acids is 1. The van der Waals surface area contributed by atoms with Crippen LogP contribution in [0.25, 0.3) is 0 Å². The predicted octanol–water partition coefficient (Wildman–Crippen LogP) is 0.844. The normalized spacial score (nSPS) is 12.4. The second-order valence-electron chi connectivity index (χ2n) is 4.78. The maximum absolute atomic E-state index is 11.6. The van der Waals surface area contributed by atoms with Crippen LogP contribution >= 0.6 is 0 Å². The van der Waals surface area contributed by atoms with Crippen LogP contribution in [0.2, 0.25) is 0 Å². The third-order valence-electron chi connectivity index (χ3n) is 3.12. The second-order valence-corrected chi connectivity index (χ2v) is 4.78. The molecule has 0 bridgehead atoms. The molecule has 0 saturated carbocycles. The minimum absolute atomic E-state index is 0.119. The summed E-state index contributed by atoms with van der Waals surface area (Å²) in [6.45, 7) is 3.48. The summed E-state index contributed by atoms with van der Waals surface area (Å²) in [5.41, 5.74) is 5.47. The average molecular weight is 252 g/mol. The number of nitrogens with two attached hydrogens (primary N) is 1. The molecule has 1 aromatic heterocycles. The van der Waals surface area contributed by atoms with Gasteiger partial charge in [-0.25, -0.2) is 4.98 Å². The Morgan fingerprint density at radius 1 is 1.56 bits per heavy atom. The topological polar surface area (TPSA) is 72.9 Å². The number of nitrogens with one attached hydrogen (secondary N) is 1. The monoisotopic (exact) mass is 252 g/mol. The maximum Gasteiger partial charge on any atom is 0.220 e. The van der Waals surface area contributed by atoms with Gasteiger partial charge in [0, 0.05) is 38.8 Å². The molecule has 0 aliphatic carbocycles. The van der Waals surface area contributed by atoms with E-state index in [0.717, 1.165) is 25.1 Å². The molecule has 0 spiro atoms. The highest BCUT2D eigenvalue weighted by Gasteiger charge is 2.06. The number of aromatic nitrogens is 2. The van der Waals surface area contributed by atoms with Gasteiger partial charge in [-0.3, -0.25) is 4.79 Å². The molecule has 0 aliphatic rings. The highest BCUT2D eigenvalue weighted by Crippen LogP contribution is 2.08. The summed E-state index contributed by atoms with van der Waals surface area (Å²) in [5.74, 6) is 1.63. The molecule has 5 nitrogen and oxygen atoms in total. The van der Waals surface area contributed by atoms with Crippen LogP contribution in [0.3, 0.4) is 0 Å². The molecular weight excluding hydrogens is 228 g/mol. The number of imidazole rings is 1. The molecule has 0 aromatic carbocycles. The summed E-state index contributed by atoms with van der Waals surface area (Å²) in [6, 6.07) is 0. The zero-order valence-electron chi connectivity index (χ0n) is 11.4. The molecule has 0 saturated heterocycles. The lowest BCUT2D eigenvalue weighted by Gasteiger charge is -2.09. The van der Waals surface area contributed by atoms with Crippen molar-refractivity contribution < 1.29 is 4.79 Å². The molecular formula is C13H24N4O. The van der Waals surface area contributed by atoms with Gasteiger partial charge >= 0.3 is 0 Å². The zero-order chi connectivity index (χ0) is 13.4. The quantitative estimate of drug-likeness (QED) is 0.720. The van der Waals surface area contributed by atoms with Crippen molar-refractivity contribution in [3.63, 3.8) is 0 Å². The van der Waals surface area contributed by atoms with Crippen molar-refractivity contribution in [2.24, 2.45) is 18.7 Å². The van der Waals surface area contributed by atoms with Gasteiger partial charge in [0.05, 0.1) is 0 Å². The molecule has 18 heavy (non-hydrogen) atoms. The van der Waals surface area contributed by atoms with Gasteiger partial charge in [0.15, 0.2) is 0 Å². The number of rotatable bonds is 8. The van der Waals surface area contributed by atoms with Crippen molar-refractivity contribution >= 4 is 5.91 Å². The fraction of sp³-hybridized carbons (Fsp3) is 0.692. The third kappa shape index (κ3) is 5.31. The van der Waals surface area contributed by atoms with Gasteiger partial charge in [-0.2, -0.15) is 0 Å². The summed E-state index contributed by atoms with van der Waals surface area (Å²) in [5, 5.41) is 2.92. The molecule has 102 valence electrons. The Labute approximate surface area is 109 Å². The van der Waals surface area contributed by atoms with Crippen molar-refractivity contribution in [1.29, 1.82) is 0 Å². The van der Waals surface area contributed by atoms with Crippen LogP contribution in [0.15, 0.2) is 12.4 Å². The summed E-state index contributed by atoms with van der Waals surface area (Å²) in [7, 11) is 1.96. The van der Waals surface area contributed by atoms with Gasteiger partial charge in [0.25, 0.3) is 0 Å². The second kappa shape index (κ2) is 7.87. The lowest BCUT2D eigenvalue weighted by Crippen LogP contribution is -2.26. The molecule has 1 aromatic rings. The van der Waals surface area contributed by atoms with Gasteiger partial charge in [-0.05, 0) is 25.3 Å². The fourth-order valence-corrected chi connectivity index (χ4v) is 1.85. The summed E-state index contributed by atoms with van der Waals surface area (Å²) < 4.78 is 1.97. The van der Waals surface area contributed by atoms with Gasteiger partial charge in [0.1, 0.15) is 5.82 Å². The van der Waals surface area contributed by atoms with Crippen molar-refractivity contribution in [2.75, 3.05) is 13.1 Å². The highest BCUT2D eigenvalue weighted by atomic mass is 16.1. The number of nitrogens with zero attached hydrogens (tertiary/aromatic N) is 2. The molecule has 0 radical (unpaired) electrons. The maximum atomic E-state index is 11.6. The van der Waals surface area contributed by atoms with Crippen LogP contribution in [0, 0.1) is 5.92 Å². The Morgan fingerprint density at radius 3 is 2.94 bits per heavy atom. The standard InChI is InChI=1S/C13H24N4O/c1-11(5-7-14)3-4-13(18)16-8-6-12-15-9-10-17(12)2/h9-11H,3-8,14H2,1-2H3,(H,16,18). The SMILES string of the molecule is CC(CCN)CCC(=O)NCCc1nccn1C. The molecule has 0 fully saturated rings. The van der Waals surface area contributed by atoms with Crippen LogP contribution in [0.5, 0.6) is 0 Å². The predicted molar refractivity (Wildman–Crippen MR) is 72.0 cm³/mol. The van der Waals surface area contributed by atoms with E-state index in [2.05, 4.69) is 17.2 Å². The van der Waals surface area contributed by atoms with Crippen molar-refractivity contribution in [3.8, 4) is 0 Å². The van der Waals surface area contributed by atoms with Crippen LogP contribution in [0.1, 0.15) is 32.0 Å². The van der Waals surface area contributed by atoms with E-state index in [1.165, 1.54) is 0 Å². The van der Waals surface area contributed by atoms with Gasteiger partial charge in [-0.15, -0.1) is 0 Å². The van der Waals surface area contributed by atoms with Gasteiger partial charge < -0.3 is 15.6 Å². The summed E-state index contributed by atoms with van der Waals surface area (Å²) >= 11 is 0. The van der Waals surface area contributed by atoms with E-state index in [1.54, 1.807) is 6.20 Å². The number of hydrogen-bond donors (Lipinski definition) is 2. The number of aryl methyl sites for hydroxylation is 1. The molecule has 5 heteroatoms. The van der Waals surface area contributed by atoms with E-state index in [4.69, 9.17) is 5.73 Å². The number of amides is 1. The van der Waals surface area contributed by atoms with E-state index in [9.17, 15) is 4.79 Å². The Morgan fingerprint density at radius 2 is 2.33 bits per heavy atom. The summed E-state index contributed by atoms with van der Waals surface area (Å²) in [6.07, 6.45) is 6.93. The van der Waals surface area contributed by atoms with Crippen LogP contribution in [0.4, 0.5) is 0 Å². The molecule has 0 aliphatic heterocycles. The third-order valence-corrected chi connectivity index (χ3v) is 3.12. The molecule has 1 heterocycles. The van der Waals surface area contributed by atoms with E-state index in [0.29, 0.717) is 25.4 Å². The van der Waals surface area contributed by atoms with Crippen LogP contribution in [-0.4, -0.2) is 28.5 Å². The fourth-order valence-electron chi connectivity index (χ4n) is 1.85. The van der Waals surface area contributed by atoms with Crippen molar-refractivity contribution in [2.45, 2.75) is 32.6 Å². The van der Waals surface area contributed by atoms with Crippen LogP contribution < -0.4 is 11.1 Å². The van der Waals surface area contributed by atoms with E-state index in [-0.39, 0.29) is 5.91 Å².